The Morgan fingerprint density at radius 3 is 2.75 bits per heavy atom. The maximum absolute atomic E-state index is 5.88. The summed E-state index contributed by atoms with van der Waals surface area (Å²) in [6.07, 6.45) is 7.78. The van der Waals surface area contributed by atoms with Crippen molar-refractivity contribution in [3.05, 3.63) is 23.9 Å². The van der Waals surface area contributed by atoms with E-state index >= 15 is 0 Å². The lowest BCUT2D eigenvalue weighted by Gasteiger charge is -2.13. The molecule has 0 saturated carbocycles. The van der Waals surface area contributed by atoms with Crippen LogP contribution in [0.1, 0.15) is 65.0 Å². The summed E-state index contributed by atoms with van der Waals surface area (Å²) in [5.74, 6) is 0.948. The van der Waals surface area contributed by atoms with Crippen molar-refractivity contribution in [3.63, 3.8) is 0 Å². The van der Waals surface area contributed by atoms with Gasteiger partial charge in [-0.05, 0) is 31.9 Å². The van der Waals surface area contributed by atoms with Gasteiger partial charge in [-0.3, -0.25) is 0 Å². The minimum Gasteiger partial charge on any atom is -0.372 e. The summed E-state index contributed by atoms with van der Waals surface area (Å²) in [4.78, 5) is 4.56. The molecule has 3 heteroatoms. The highest BCUT2D eigenvalue weighted by molar-refractivity contribution is 5.34. The highest BCUT2D eigenvalue weighted by Crippen LogP contribution is 2.11. The molecule has 0 bridgehead atoms. The van der Waals surface area contributed by atoms with Gasteiger partial charge in [0.25, 0.3) is 0 Å². The lowest BCUT2D eigenvalue weighted by atomic mass is 10.1. The molecule has 0 aliphatic heterocycles. The minimum atomic E-state index is 0.320. The number of rotatable bonds is 11. The van der Waals surface area contributed by atoms with Crippen LogP contribution in [0.4, 0.5) is 5.82 Å². The van der Waals surface area contributed by atoms with Gasteiger partial charge in [0.15, 0.2) is 0 Å². The first-order valence-corrected chi connectivity index (χ1v) is 8.07. The Bertz CT molecular complexity index is 355. The Morgan fingerprint density at radius 1 is 1.15 bits per heavy atom. The second kappa shape index (κ2) is 10.7. The van der Waals surface area contributed by atoms with Crippen molar-refractivity contribution < 1.29 is 4.74 Å². The molecule has 0 aliphatic rings. The van der Waals surface area contributed by atoms with E-state index in [2.05, 4.69) is 31.1 Å². The number of unbranched alkanes of at least 4 members (excludes halogenated alkanes) is 3. The third kappa shape index (κ3) is 7.49. The van der Waals surface area contributed by atoms with Crippen molar-refractivity contribution in [1.82, 2.24) is 4.98 Å². The van der Waals surface area contributed by atoms with Gasteiger partial charge in [0.2, 0.25) is 0 Å². The van der Waals surface area contributed by atoms with Crippen LogP contribution in [0, 0.1) is 0 Å². The molecule has 1 N–H and O–H groups in total. The summed E-state index contributed by atoms with van der Waals surface area (Å²) in [5.41, 5.74) is 1.01. The Hall–Kier alpha value is -1.09. The zero-order chi connectivity index (χ0) is 14.6. The van der Waals surface area contributed by atoms with Crippen LogP contribution in [0.15, 0.2) is 18.2 Å². The molecule has 0 aliphatic carbocycles. The summed E-state index contributed by atoms with van der Waals surface area (Å²) in [7, 11) is 0. The Morgan fingerprint density at radius 2 is 2.00 bits per heavy atom. The van der Waals surface area contributed by atoms with Crippen LogP contribution in [-0.4, -0.2) is 17.6 Å². The fourth-order valence-electron chi connectivity index (χ4n) is 2.08. The minimum absolute atomic E-state index is 0.320. The van der Waals surface area contributed by atoms with E-state index < -0.39 is 0 Å². The zero-order valence-electron chi connectivity index (χ0n) is 13.3. The molecule has 1 aromatic rings. The number of ether oxygens (including phenoxy) is 1. The van der Waals surface area contributed by atoms with Gasteiger partial charge in [-0.1, -0.05) is 45.6 Å². The van der Waals surface area contributed by atoms with E-state index in [-0.39, 0.29) is 0 Å². The molecule has 1 aromatic heterocycles. The fourth-order valence-corrected chi connectivity index (χ4v) is 2.08. The lowest BCUT2D eigenvalue weighted by Crippen LogP contribution is -2.09. The molecule has 0 amide bonds. The zero-order valence-corrected chi connectivity index (χ0v) is 13.3. The van der Waals surface area contributed by atoms with Crippen LogP contribution in [0.2, 0.25) is 0 Å². The van der Waals surface area contributed by atoms with E-state index in [4.69, 9.17) is 4.74 Å². The fraction of sp³-hybridized carbons (Fsp3) is 0.706. The van der Waals surface area contributed by atoms with Crippen LogP contribution >= 0.6 is 0 Å². The number of nitrogens with one attached hydrogen (secondary N) is 1. The maximum Gasteiger partial charge on any atom is 0.126 e. The average molecular weight is 278 g/mol. The number of nitrogens with zero attached hydrogens (tertiary/aromatic N) is 1. The Kier molecular flexibility index (Phi) is 9.05. The second-order valence-electron chi connectivity index (χ2n) is 5.41. The van der Waals surface area contributed by atoms with Crippen LogP contribution in [0.25, 0.3) is 0 Å². The molecular formula is C17H30N2O. The van der Waals surface area contributed by atoms with Gasteiger partial charge in [0.1, 0.15) is 5.82 Å². The largest absolute Gasteiger partial charge is 0.372 e. The van der Waals surface area contributed by atoms with Crippen molar-refractivity contribution in [2.75, 3.05) is 11.9 Å². The molecule has 0 radical (unpaired) electrons. The van der Waals surface area contributed by atoms with Gasteiger partial charge < -0.3 is 10.1 Å². The topological polar surface area (TPSA) is 34.1 Å². The number of pyridine rings is 1. The van der Waals surface area contributed by atoms with Crippen LogP contribution in [0.5, 0.6) is 0 Å². The van der Waals surface area contributed by atoms with Crippen LogP contribution in [0.3, 0.4) is 0 Å². The molecule has 0 fully saturated rings. The van der Waals surface area contributed by atoms with Crippen molar-refractivity contribution in [1.29, 1.82) is 0 Å². The van der Waals surface area contributed by atoms with Crippen molar-refractivity contribution >= 4 is 5.82 Å². The number of anilines is 1. The monoisotopic (exact) mass is 278 g/mol. The lowest BCUT2D eigenvalue weighted by molar-refractivity contribution is 0.0440. The highest BCUT2D eigenvalue weighted by Gasteiger charge is 2.04. The summed E-state index contributed by atoms with van der Waals surface area (Å²) < 4.78 is 5.88. The highest BCUT2D eigenvalue weighted by atomic mass is 16.5. The smallest absolute Gasteiger partial charge is 0.126 e. The summed E-state index contributed by atoms with van der Waals surface area (Å²) in [6.45, 7) is 8.12. The van der Waals surface area contributed by atoms with Crippen molar-refractivity contribution in [2.45, 2.75) is 72.0 Å². The predicted molar refractivity (Wildman–Crippen MR) is 86.0 cm³/mol. The van der Waals surface area contributed by atoms with Crippen molar-refractivity contribution in [2.24, 2.45) is 0 Å². The quantitative estimate of drug-likeness (QED) is 0.591. The molecule has 0 aromatic carbocycles. The molecule has 1 rings (SSSR count). The van der Waals surface area contributed by atoms with Crippen LogP contribution in [-0.2, 0) is 11.3 Å². The van der Waals surface area contributed by atoms with E-state index in [0.717, 1.165) is 30.9 Å². The summed E-state index contributed by atoms with van der Waals surface area (Å²) >= 11 is 0. The van der Waals surface area contributed by atoms with Gasteiger partial charge >= 0.3 is 0 Å². The molecule has 3 nitrogen and oxygen atoms in total. The van der Waals surface area contributed by atoms with Crippen molar-refractivity contribution in [3.8, 4) is 0 Å². The molecule has 1 heterocycles. The van der Waals surface area contributed by atoms with E-state index in [1.54, 1.807) is 0 Å². The summed E-state index contributed by atoms with van der Waals surface area (Å²) in [6, 6.07) is 6.07. The number of hydrogen-bond acceptors (Lipinski definition) is 3. The van der Waals surface area contributed by atoms with Gasteiger partial charge in [-0.2, -0.15) is 0 Å². The predicted octanol–water partition coefficient (Wildman–Crippen LogP) is 4.78. The first kappa shape index (κ1) is 17.0. The Balaban J connectivity index is 2.26. The standard InChI is InChI=1S/C17H30N2O/c1-4-6-7-8-10-15(3)20-14-16-11-9-12-17(19-16)18-13-5-2/h9,11-12,15H,4-8,10,13-14H2,1-3H3,(H,18,19). The third-order valence-electron chi connectivity index (χ3n) is 3.34. The Labute approximate surface area is 124 Å². The number of aromatic nitrogens is 1. The first-order valence-electron chi connectivity index (χ1n) is 8.07. The van der Waals surface area contributed by atoms with Gasteiger partial charge in [-0.15, -0.1) is 0 Å². The first-order chi connectivity index (χ1) is 9.76. The molecule has 0 spiro atoms. The van der Waals surface area contributed by atoms with Gasteiger partial charge in [0, 0.05) is 6.54 Å². The molecule has 114 valence electrons. The molecule has 1 atom stereocenters. The third-order valence-corrected chi connectivity index (χ3v) is 3.34. The van der Waals surface area contributed by atoms with E-state index in [1.807, 2.05) is 18.2 Å². The van der Waals surface area contributed by atoms with E-state index in [9.17, 15) is 0 Å². The normalized spacial score (nSPS) is 12.3. The molecular weight excluding hydrogens is 248 g/mol. The molecule has 0 saturated heterocycles. The molecule has 1 unspecified atom stereocenters. The van der Waals surface area contributed by atoms with Crippen LogP contribution < -0.4 is 5.32 Å². The van der Waals surface area contributed by atoms with E-state index in [0.29, 0.717) is 12.7 Å². The van der Waals surface area contributed by atoms with Gasteiger partial charge in [0.05, 0.1) is 18.4 Å². The molecule has 20 heavy (non-hydrogen) atoms. The SMILES string of the molecule is CCCCCCC(C)OCc1cccc(NCCC)n1. The van der Waals surface area contributed by atoms with Gasteiger partial charge in [-0.25, -0.2) is 4.98 Å². The number of hydrogen-bond donors (Lipinski definition) is 1. The average Bonchev–Trinajstić information content (AvgIpc) is 2.48. The maximum atomic E-state index is 5.88. The van der Waals surface area contributed by atoms with E-state index in [1.165, 1.54) is 25.7 Å². The summed E-state index contributed by atoms with van der Waals surface area (Å²) in [5, 5.41) is 3.30. The second-order valence-corrected chi connectivity index (χ2v) is 5.41.